The third-order valence-corrected chi connectivity index (χ3v) is 4.99. The second-order valence-electron chi connectivity index (χ2n) is 6.91. The summed E-state index contributed by atoms with van der Waals surface area (Å²) >= 11 is 12.0. The van der Waals surface area contributed by atoms with Gasteiger partial charge in [0.1, 0.15) is 11.9 Å². The smallest absolute Gasteiger partial charge is 0.253 e. The van der Waals surface area contributed by atoms with Crippen molar-refractivity contribution in [2.45, 2.75) is 26.3 Å². The third kappa shape index (κ3) is 5.05. The van der Waals surface area contributed by atoms with Crippen molar-refractivity contribution in [3.8, 4) is 0 Å². The van der Waals surface area contributed by atoms with Gasteiger partial charge in [0.05, 0.1) is 10.6 Å². The first-order valence-corrected chi connectivity index (χ1v) is 9.94. The lowest BCUT2D eigenvalue weighted by atomic mass is 10.0. The molecule has 0 aliphatic rings. The topological polar surface area (TPSA) is 88.4 Å². The van der Waals surface area contributed by atoms with E-state index in [1.54, 1.807) is 6.07 Å². The molecule has 152 valence electrons. The molecule has 0 saturated carbocycles. The van der Waals surface area contributed by atoms with Crippen molar-refractivity contribution in [2.24, 2.45) is 5.92 Å². The average molecular weight is 434 g/mol. The van der Waals surface area contributed by atoms with Crippen molar-refractivity contribution in [2.75, 3.05) is 6.54 Å². The van der Waals surface area contributed by atoms with Crippen LogP contribution in [0.5, 0.6) is 0 Å². The van der Waals surface area contributed by atoms with Crippen molar-refractivity contribution in [1.29, 1.82) is 0 Å². The minimum absolute atomic E-state index is 0.112. The fourth-order valence-electron chi connectivity index (χ4n) is 2.90. The Labute approximate surface area is 178 Å². The predicted octanol–water partition coefficient (Wildman–Crippen LogP) is 3.15. The van der Waals surface area contributed by atoms with Gasteiger partial charge in [-0.3, -0.25) is 14.0 Å². The predicted molar refractivity (Wildman–Crippen MR) is 112 cm³/mol. The quantitative estimate of drug-likeness (QED) is 0.598. The van der Waals surface area contributed by atoms with Crippen LogP contribution in [0.4, 0.5) is 0 Å². The number of rotatable bonds is 7. The molecule has 9 heteroatoms. The molecule has 0 radical (unpaired) electrons. The number of carbonyl (C=O) groups excluding carboxylic acids is 2. The minimum atomic E-state index is -0.704. The van der Waals surface area contributed by atoms with Gasteiger partial charge >= 0.3 is 0 Å². The van der Waals surface area contributed by atoms with Crippen LogP contribution in [0.2, 0.25) is 10.0 Å². The van der Waals surface area contributed by atoms with Gasteiger partial charge in [-0.15, -0.1) is 10.2 Å². The standard InChI is InChI=1S/C20H21Cl2N5O2/c1-12(2)18(24-19(28)14-7-6-13(21)11-15(14)22)20(29)23-9-8-17-26-25-16-5-3-4-10-27(16)17/h3-7,10-12,18H,8-9H2,1-2H3,(H,23,29)(H,24,28)/t18-/m1/s1. The molecular weight excluding hydrogens is 413 g/mol. The Balaban J connectivity index is 1.61. The molecule has 2 heterocycles. The Morgan fingerprint density at radius 1 is 1.14 bits per heavy atom. The number of amides is 2. The van der Waals surface area contributed by atoms with Gasteiger partial charge in [0.25, 0.3) is 5.91 Å². The van der Waals surface area contributed by atoms with Crippen LogP contribution in [0.25, 0.3) is 5.65 Å². The van der Waals surface area contributed by atoms with E-state index in [-0.39, 0.29) is 22.4 Å². The molecule has 0 unspecified atom stereocenters. The normalized spacial score (nSPS) is 12.2. The SMILES string of the molecule is CC(C)[C@@H](NC(=O)c1ccc(Cl)cc1Cl)C(=O)NCCc1nnc2ccccn12. The molecule has 2 N–H and O–H groups in total. The summed E-state index contributed by atoms with van der Waals surface area (Å²) in [5.41, 5.74) is 1.02. The lowest BCUT2D eigenvalue weighted by molar-refractivity contribution is -0.123. The van der Waals surface area contributed by atoms with Gasteiger partial charge in [0, 0.05) is 24.2 Å². The molecule has 2 amide bonds. The summed E-state index contributed by atoms with van der Waals surface area (Å²) in [7, 11) is 0. The number of hydrogen-bond donors (Lipinski definition) is 2. The average Bonchev–Trinajstić information content (AvgIpc) is 3.09. The highest BCUT2D eigenvalue weighted by molar-refractivity contribution is 6.36. The number of hydrogen-bond acceptors (Lipinski definition) is 4. The van der Waals surface area contributed by atoms with Gasteiger partial charge in [-0.2, -0.15) is 0 Å². The summed E-state index contributed by atoms with van der Waals surface area (Å²) < 4.78 is 1.87. The fourth-order valence-corrected chi connectivity index (χ4v) is 3.39. The van der Waals surface area contributed by atoms with E-state index in [9.17, 15) is 9.59 Å². The zero-order chi connectivity index (χ0) is 21.0. The van der Waals surface area contributed by atoms with Gasteiger partial charge < -0.3 is 10.6 Å². The second kappa shape index (κ2) is 9.24. The van der Waals surface area contributed by atoms with Gasteiger partial charge in [0.15, 0.2) is 5.65 Å². The molecule has 0 aliphatic carbocycles. The maximum absolute atomic E-state index is 12.7. The first kappa shape index (κ1) is 21.1. The van der Waals surface area contributed by atoms with Crippen LogP contribution < -0.4 is 10.6 Å². The summed E-state index contributed by atoms with van der Waals surface area (Å²) in [4.78, 5) is 25.2. The number of carbonyl (C=O) groups is 2. The third-order valence-electron chi connectivity index (χ3n) is 4.44. The van der Waals surface area contributed by atoms with Crippen molar-refractivity contribution in [1.82, 2.24) is 25.2 Å². The molecule has 2 aromatic heterocycles. The number of aromatic nitrogens is 3. The van der Waals surface area contributed by atoms with Gasteiger partial charge in [-0.1, -0.05) is 43.1 Å². The lowest BCUT2D eigenvalue weighted by Crippen LogP contribution is -2.50. The minimum Gasteiger partial charge on any atom is -0.354 e. The maximum Gasteiger partial charge on any atom is 0.253 e. The largest absolute Gasteiger partial charge is 0.354 e. The number of halogens is 2. The Morgan fingerprint density at radius 2 is 1.93 bits per heavy atom. The van der Waals surface area contributed by atoms with Gasteiger partial charge in [0.2, 0.25) is 5.91 Å². The molecule has 0 saturated heterocycles. The molecule has 1 atom stereocenters. The van der Waals surface area contributed by atoms with Crippen LogP contribution in [0.3, 0.4) is 0 Å². The van der Waals surface area contributed by atoms with E-state index >= 15 is 0 Å². The first-order valence-electron chi connectivity index (χ1n) is 9.19. The van der Waals surface area contributed by atoms with Crippen LogP contribution in [0.15, 0.2) is 42.6 Å². The molecule has 1 aromatic carbocycles. The van der Waals surface area contributed by atoms with E-state index < -0.39 is 11.9 Å². The summed E-state index contributed by atoms with van der Waals surface area (Å²) in [6, 6.07) is 9.54. The van der Waals surface area contributed by atoms with Crippen molar-refractivity contribution in [3.05, 3.63) is 64.0 Å². The highest BCUT2D eigenvalue weighted by Crippen LogP contribution is 2.21. The van der Waals surface area contributed by atoms with E-state index in [0.717, 1.165) is 11.5 Å². The van der Waals surface area contributed by atoms with Gasteiger partial charge in [-0.05, 0) is 36.2 Å². The summed E-state index contributed by atoms with van der Waals surface area (Å²) in [5, 5.41) is 14.5. The van der Waals surface area contributed by atoms with Crippen LogP contribution in [0.1, 0.15) is 30.0 Å². The van der Waals surface area contributed by atoms with E-state index in [4.69, 9.17) is 23.2 Å². The molecule has 7 nitrogen and oxygen atoms in total. The monoisotopic (exact) mass is 433 g/mol. The number of pyridine rings is 1. The molecular formula is C20H21Cl2N5O2. The van der Waals surface area contributed by atoms with E-state index in [1.807, 2.05) is 42.6 Å². The lowest BCUT2D eigenvalue weighted by Gasteiger charge is -2.22. The van der Waals surface area contributed by atoms with Crippen LogP contribution in [-0.4, -0.2) is 39.0 Å². The van der Waals surface area contributed by atoms with Crippen LogP contribution in [0, 0.1) is 5.92 Å². The van der Waals surface area contributed by atoms with Crippen molar-refractivity contribution >= 4 is 40.7 Å². The van der Waals surface area contributed by atoms with Crippen LogP contribution >= 0.6 is 23.2 Å². The molecule has 0 bridgehead atoms. The Morgan fingerprint density at radius 3 is 2.66 bits per heavy atom. The number of nitrogens with zero attached hydrogens (tertiary/aromatic N) is 3. The van der Waals surface area contributed by atoms with E-state index in [2.05, 4.69) is 20.8 Å². The number of fused-ring (bicyclic) bond motifs is 1. The molecule has 0 aliphatic heterocycles. The summed E-state index contributed by atoms with van der Waals surface area (Å²) in [6.07, 6.45) is 2.39. The van der Waals surface area contributed by atoms with E-state index in [0.29, 0.717) is 18.0 Å². The second-order valence-corrected chi connectivity index (χ2v) is 7.75. The van der Waals surface area contributed by atoms with Gasteiger partial charge in [-0.25, -0.2) is 0 Å². The Kier molecular flexibility index (Phi) is 6.71. The molecule has 3 aromatic rings. The Hall–Kier alpha value is -2.64. The molecule has 3 rings (SSSR count). The Bertz CT molecular complexity index is 1030. The summed E-state index contributed by atoms with van der Waals surface area (Å²) in [5.74, 6) is -0.0610. The fraction of sp³-hybridized carbons (Fsp3) is 0.300. The number of nitrogens with one attached hydrogen (secondary N) is 2. The molecule has 0 spiro atoms. The van der Waals surface area contributed by atoms with Crippen molar-refractivity contribution < 1.29 is 9.59 Å². The van der Waals surface area contributed by atoms with E-state index in [1.165, 1.54) is 12.1 Å². The van der Waals surface area contributed by atoms with Crippen LogP contribution in [-0.2, 0) is 11.2 Å². The zero-order valence-corrected chi connectivity index (χ0v) is 17.5. The van der Waals surface area contributed by atoms with Crippen molar-refractivity contribution in [3.63, 3.8) is 0 Å². The first-order chi connectivity index (χ1) is 13.9. The number of benzene rings is 1. The highest BCUT2D eigenvalue weighted by Gasteiger charge is 2.25. The zero-order valence-electron chi connectivity index (χ0n) is 16.0. The highest BCUT2D eigenvalue weighted by atomic mass is 35.5. The maximum atomic E-state index is 12.7. The molecule has 29 heavy (non-hydrogen) atoms. The molecule has 0 fully saturated rings. The summed E-state index contributed by atoms with van der Waals surface area (Å²) in [6.45, 7) is 4.09.